The molecule has 1 unspecified atom stereocenters. The fourth-order valence-electron chi connectivity index (χ4n) is 1.21. The van der Waals surface area contributed by atoms with Gasteiger partial charge in [0, 0.05) is 12.1 Å². The zero-order valence-electron chi connectivity index (χ0n) is 11.0. The van der Waals surface area contributed by atoms with Crippen LogP contribution in [0.1, 0.15) is 6.92 Å². The Labute approximate surface area is 115 Å². The molecule has 0 aromatic heterocycles. The highest BCUT2D eigenvalue weighted by Gasteiger charge is 2.28. The lowest BCUT2D eigenvalue weighted by molar-refractivity contribution is -0.384. The molecule has 1 rings (SSSR count). The minimum Gasteiger partial charge on any atom is -0.488 e. The largest absolute Gasteiger partial charge is 0.509 e. The van der Waals surface area contributed by atoms with Crippen LogP contribution in [-0.4, -0.2) is 30.4 Å². The molecule has 20 heavy (non-hydrogen) atoms. The van der Waals surface area contributed by atoms with Gasteiger partial charge in [0.2, 0.25) is 5.60 Å². The Bertz CT molecular complexity index is 533. The molecule has 7 nitrogen and oxygen atoms in total. The lowest BCUT2D eigenvalue weighted by Gasteiger charge is -2.23. The number of non-ortho nitro benzene ring substituents is 1. The molecule has 1 aromatic carbocycles. The number of nitro benzene ring substituents is 1. The van der Waals surface area contributed by atoms with Crippen LogP contribution >= 0.6 is 0 Å². The molecule has 0 N–H and O–H groups in total. The number of terminal acetylenes is 1. The van der Waals surface area contributed by atoms with Crippen molar-refractivity contribution in [1.29, 1.82) is 0 Å². The predicted molar refractivity (Wildman–Crippen MR) is 69.3 cm³/mol. The number of benzene rings is 1. The summed E-state index contributed by atoms with van der Waals surface area (Å²) in [7, 11) is 1.16. The van der Waals surface area contributed by atoms with Crippen molar-refractivity contribution in [1.82, 2.24) is 0 Å². The average Bonchev–Trinajstić information content (AvgIpc) is 2.45. The Balaban J connectivity index is 2.67. The summed E-state index contributed by atoms with van der Waals surface area (Å²) in [6.07, 6.45) is 4.37. The summed E-state index contributed by atoms with van der Waals surface area (Å²) in [5.74, 6) is 2.65. The minimum absolute atomic E-state index is 0.0529. The second-order valence-electron chi connectivity index (χ2n) is 3.97. The number of ether oxygens (including phenoxy) is 3. The number of nitro groups is 1. The number of carbonyl (C=O) groups excluding carboxylic acids is 1. The van der Waals surface area contributed by atoms with Crippen molar-refractivity contribution in [3.8, 4) is 18.1 Å². The molecule has 1 aromatic rings. The van der Waals surface area contributed by atoms with E-state index in [1.54, 1.807) is 0 Å². The normalized spacial score (nSPS) is 12.7. The molecule has 7 heteroatoms. The van der Waals surface area contributed by atoms with Gasteiger partial charge in [0.05, 0.1) is 12.0 Å². The molecule has 0 saturated heterocycles. The van der Waals surface area contributed by atoms with E-state index in [1.165, 1.54) is 31.2 Å². The van der Waals surface area contributed by atoms with E-state index in [1.807, 2.05) is 0 Å². The first-order valence-electron chi connectivity index (χ1n) is 5.52. The first-order valence-corrected chi connectivity index (χ1v) is 5.52. The average molecular weight is 279 g/mol. The third-order valence-corrected chi connectivity index (χ3v) is 2.34. The quantitative estimate of drug-likeness (QED) is 0.355. The second kappa shape index (κ2) is 6.43. The smallest absolute Gasteiger partial charge is 0.488 e. The Hall–Kier alpha value is -2.75. The number of nitrogens with zero attached hydrogens (tertiary/aromatic N) is 1. The monoisotopic (exact) mass is 279 g/mol. The van der Waals surface area contributed by atoms with Crippen LogP contribution < -0.4 is 4.74 Å². The molecule has 106 valence electrons. The van der Waals surface area contributed by atoms with Crippen molar-refractivity contribution in [2.75, 3.05) is 13.7 Å². The summed E-state index contributed by atoms with van der Waals surface area (Å²) in [6.45, 7) is 1.37. The van der Waals surface area contributed by atoms with Gasteiger partial charge >= 0.3 is 6.16 Å². The van der Waals surface area contributed by atoms with E-state index >= 15 is 0 Å². The molecule has 0 aliphatic heterocycles. The fourth-order valence-corrected chi connectivity index (χ4v) is 1.21. The highest BCUT2D eigenvalue weighted by Crippen LogP contribution is 2.19. The van der Waals surface area contributed by atoms with E-state index in [-0.39, 0.29) is 12.3 Å². The Morgan fingerprint density at radius 3 is 2.50 bits per heavy atom. The van der Waals surface area contributed by atoms with Crippen molar-refractivity contribution >= 4 is 11.8 Å². The van der Waals surface area contributed by atoms with Crippen LogP contribution in [0.2, 0.25) is 0 Å². The predicted octanol–water partition coefficient (Wildman–Crippen LogP) is 2.15. The number of methoxy groups -OCH3 is 1. The van der Waals surface area contributed by atoms with E-state index in [9.17, 15) is 14.9 Å². The number of carbonyl (C=O) groups is 1. The lowest BCUT2D eigenvalue weighted by atomic mass is 10.1. The summed E-state index contributed by atoms with van der Waals surface area (Å²) in [4.78, 5) is 21.0. The third-order valence-electron chi connectivity index (χ3n) is 2.34. The molecule has 0 amide bonds. The molecule has 0 radical (unpaired) electrons. The maximum Gasteiger partial charge on any atom is 0.509 e. The van der Waals surface area contributed by atoms with Crippen LogP contribution in [0.4, 0.5) is 10.5 Å². The first-order chi connectivity index (χ1) is 9.40. The maximum absolute atomic E-state index is 11.0. The summed E-state index contributed by atoms with van der Waals surface area (Å²) >= 11 is 0. The van der Waals surface area contributed by atoms with Crippen LogP contribution in [0.5, 0.6) is 5.75 Å². The SMILES string of the molecule is C#CC(C)(COc1ccc([N+](=O)[O-])cc1)OC(=O)OC. The van der Waals surface area contributed by atoms with Gasteiger partial charge in [-0.05, 0) is 19.1 Å². The van der Waals surface area contributed by atoms with Crippen molar-refractivity contribution < 1.29 is 23.9 Å². The molecular formula is C13H13NO6. The van der Waals surface area contributed by atoms with Gasteiger partial charge in [0.1, 0.15) is 12.4 Å². The van der Waals surface area contributed by atoms with Gasteiger partial charge in [-0.25, -0.2) is 4.79 Å². The molecule has 0 aliphatic carbocycles. The van der Waals surface area contributed by atoms with Crippen LogP contribution in [0.25, 0.3) is 0 Å². The van der Waals surface area contributed by atoms with Crippen LogP contribution in [0.3, 0.4) is 0 Å². The van der Waals surface area contributed by atoms with Crippen LogP contribution in [0, 0.1) is 22.5 Å². The highest BCUT2D eigenvalue weighted by atomic mass is 16.7. The van der Waals surface area contributed by atoms with Gasteiger partial charge in [0.25, 0.3) is 5.69 Å². The van der Waals surface area contributed by atoms with Gasteiger partial charge in [-0.1, -0.05) is 5.92 Å². The van der Waals surface area contributed by atoms with Crippen molar-refractivity contribution in [3.05, 3.63) is 34.4 Å². The van der Waals surface area contributed by atoms with Gasteiger partial charge in [-0.2, -0.15) is 0 Å². The van der Waals surface area contributed by atoms with E-state index in [0.29, 0.717) is 5.75 Å². The Morgan fingerprint density at radius 1 is 1.45 bits per heavy atom. The van der Waals surface area contributed by atoms with E-state index in [0.717, 1.165) is 7.11 Å². The molecule has 0 heterocycles. The molecule has 0 spiro atoms. The number of hydrogen-bond donors (Lipinski definition) is 0. The lowest BCUT2D eigenvalue weighted by Crippen LogP contribution is -2.36. The molecule has 0 saturated carbocycles. The molecule has 0 bridgehead atoms. The summed E-state index contributed by atoms with van der Waals surface area (Å²) in [5.41, 5.74) is -1.35. The summed E-state index contributed by atoms with van der Waals surface area (Å²) in [5, 5.41) is 10.5. The maximum atomic E-state index is 11.0. The molecular weight excluding hydrogens is 266 g/mol. The highest BCUT2D eigenvalue weighted by molar-refractivity contribution is 5.60. The van der Waals surface area contributed by atoms with E-state index < -0.39 is 16.7 Å². The van der Waals surface area contributed by atoms with Crippen molar-refractivity contribution in [2.45, 2.75) is 12.5 Å². The summed E-state index contributed by atoms with van der Waals surface area (Å²) in [6, 6.07) is 5.44. The number of hydrogen-bond acceptors (Lipinski definition) is 6. The van der Waals surface area contributed by atoms with Gasteiger partial charge in [-0.3, -0.25) is 10.1 Å². The van der Waals surface area contributed by atoms with Gasteiger partial charge in [-0.15, -0.1) is 6.42 Å². The van der Waals surface area contributed by atoms with Gasteiger partial charge in [0.15, 0.2) is 0 Å². The number of rotatable bonds is 5. The first kappa shape index (κ1) is 15.3. The molecule has 0 aliphatic rings. The zero-order valence-corrected chi connectivity index (χ0v) is 11.0. The molecule has 1 atom stereocenters. The zero-order chi connectivity index (χ0) is 15.2. The van der Waals surface area contributed by atoms with Crippen molar-refractivity contribution in [2.24, 2.45) is 0 Å². The Kier molecular flexibility index (Phi) is 4.92. The third kappa shape index (κ3) is 4.17. The minimum atomic E-state index is -1.30. The Morgan fingerprint density at radius 2 is 2.05 bits per heavy atom. The van der Waals surface area contributed by atoms with Crippen LogP contribution in [-0.2, 0) is 9.47 Å². The van der Waals surface area contributed by atoms with E-state index in [2.05, 4.69) is 10.7 Å². The molecule has 0 fully saturated rings. The van der Waals surface area contributed by atoms with Gasteiger partial charge < -0.3 is 14.2 Å². The van der Waals surface area contributed by atoms with Crippen LogP contribution in [0.15, 0.2) is 24.3 Å². The topological polar surface area (TPSA) is 87.9 Å². The second-order valence-corrected chi connectivity index (χ2v) is 3.97. The fraction of sp³-hybridized carbons (Fsp3) is 0.308. The summed E-state index contributed by atoms with van der Waals surface area (Å²) < 4.78 is 14.6. The van der Waals surface area contributed by atoms with E-state index in [4.69, 9.17) is 15.9 Å². The standard InChI is InChI=1S/C13H13NO6/c1-4-13(2,20-12(15)18-3)9-19-11-7-5-10(6-8-11)14(16)17/h1,5-8H,9H2,2-3H3. The van der Waals surface area contributed by atoms with Crippen molar-refractivity contribution in [3.63, 3.8) is 0 Å².